The first-order valence-corrected chi connectivity index (χ1v) is 8.30. The highest BCUT2D eigenvalue weighted by Gasteiger charge is 2.12. The Morgan fingerprint density at radius 2 is 1.73 bits per heavy atom. The zero-order valence-electron chi connectivity index (χ0n) is 14.4. The molecule has 0 aromatic carbocycles. The van der Waals surface area contributed by atoms with Crippen molar-refractivity contribution in [3.63, 3.8) is 0 Å². The highest BCUT2D eigenvalue weighted by Crippen LogP contribution is 2.07. The van der Waals surface area contributed by atoms with Crippen LogP contribution in [0, 0.1) is 17.8 Å². The Bertz CT molecular complexity index is 376. The number of rotatable bonds is 10. The molecule has 0 heterocycles. The van der Waals surface area contributed by atoms with Gasteiger partial charge >= 0.3 is 11.9 Å². The molecule has 0 aliphatic rings. The Labute approximate surface area is 134 Å². The largest absolute Gasteiger partial charge is 0.465 e. The third-order valence-electron chi connectivity index (χ3n) is 2.92. The zero-order valence-corrected chi connectivity index (χ0v) is 14.4. The van der Waals surface area contributed by atoms with Gasteiger partial charge in [-0.2, -0.15) is 0 Å². The van der Waals surface area contributed by atoms with E-state index in [-0.39, 0.29) is 30.9 Å². The van der Waals surface area contributed by atoms with Gasteiger partial charge in [-0.1, -0.05) is 33.6 Å². The number of hydrogen-bond donors (Lipinski definition) is 0. The molecule has 0 aliphatic heterocycles. The van der Waals surface area contributed by atoms with Crippen molar-refractivity contribution in [2.75, 3.05) is 6.61 Å². The molecule has 0 spiro atoms. The van der Waals surface area contributed by atoms with Crippen molar-refractivity contribution < 1.29 is 19.1 Å². The Kier molecular flexibility index (Phi) is 12.3. The van der Waals surface area contributed by atoms with Crippen LogP contribution in [0.1, 0.15) is 72.6 Å². The number of carbonyl (C=O) groups excluding carboxylic acids is 2. The predicted molar refractivity (Wildman–Crippen MR) is 87.1 cm³/mol. The molecule has 4 heteroatoms. The molecule has 1 unspecified atom stereocenters. The van der Waals surface area contributed by atoms with Crippen LogP contribution in [0.2, 0.25) is 0 Å². The van der Waals surface area contributed by atoms with E-state index in [0.717, 1.165) is 19.3 Å². The predicted octanol–water partition coefficient (Wildman–Crippen LogP) is 3.87. The third kappa shape index (κ3) is 12.3. The van der Waals surface area contributed by atoms with Crippen molar-refractivity contribution in [2.45, 2.75) is 78.7 Å². The molecule has 0 bridgehead atoms. The second kappa shape index (κ2) is 13.2. The van der Waals surface area contributed by atoms with E-state index in [1.54, 1.807) is 0 Å². The van der Waals surface area contributed by atoms with E-state index >= 15 is 0 Å². The van der Waals surface area contributed by atoms with E-state index in [1.807, 2.05) is 20.8 Å². The fourth-order valence-corrected chi connectivity index (χ4v) is 1.62. The average Bonchev–Trinajstić information content (AvgIpc) is 2.48. The minimum absolute atomic E-state index is 0.148. The molecule has 4 nitrogen and oxygen atoms in total. The molecule has 0 fully saturated rings. The Balaban J connectivity index is 3.87. The number of hydrogen-bond acceptors (Lipinski definition) is 4. The van der Waals surface area contributed by atoms with Gasteiger partial charge in [-0.3, -0.25) is 9.59 Å². The van der Waals surface area contributed by atoms with Crippen molar-refractivity contribution in [3.05, 3.63) is 0 Å². The minimum atomic E-state index is -0.263. The van der Waals surface area contributed by atoms with Crippen LogP contribution >= 0.6 is 0 Å². The van der Waals surface area contributed by atoms with Gasteiger partial charge in [0.2, 0.25) is 0 Å². The Morgan fingerprint density at radius 3 is 2.32 bits per heavy atom. The number of carbonyl (C=O) groups is 2. The lowest BCUT2D eigenvalue weighted by Crippen LogP contribution is -2.17. The summed E-state index contributed by atoms with van der Waals surface area (Å²) < 4.78 is 10.4. The first-order chi connectivity index (χ1) is 10.5. The lowest BCUT2D eigenvalue weighted by molar-refractivity contribution is -0.149. The summed E-state index contributed by atoms with van der Waals surface area (Å²) in [6.07, 6.45) is 4.07. The molecule has 0 aromatic heterocycles. The van der Waals surface area contributed by atoms with Gasteiger partial charge in [-0.15, -0.1) is 5.92 Å². The van der Waals surface area contributed by atoms with Crippen molar-refractivity contribution >= 4 is 11.9 Å². The molecule has 0 rings (SSSR count). The SMILES string of the molecule is CCCC#CCC(CC)OC(=O)CCCC(=O)OCC(C)C. The van der Waals surface area contributed by atoms with Crippen LogP contribution in [0.3, 0.4) is 0 Å². The standard InChI is InChI=1S/C18H30O4/c1-5-7-8-9-11-16(6-2)22-18(20)13-10-12-17(19)21-14-15(3)4/h15-16H,5-7,10-14H2,1-4H3. The van der Waals surface area contributed by atoms with Gasteiger partial charge in [0.25, 0.3) is 0 Å². The normalized spacial score (nSPS) is 11.5. The lowest BCUT2D eigenvalue weighted by Gasteiger charge is -2.13. The van der Waals surface area contributed by atoms with E-state index in [0.29, 0.717) is 25.4 Å². The van der Waals surface area contributed by atoms with Crippen LogP contribution in [-0.2, 0) is 19.1 Å². The van der Waals surface area contributed by atoms with E-state index in [1.165, 1.54) is 0 Å². The Morgan fingerprint density at radius 1 is 1.05 bits per heavy atom. The topological polar surface area (TPSA) is 52.6 Å². The molecule has 0 amide bonds. The summed E-state index contributed by atoms with van der Waals surface area (Å²) in [5, 5.41) is 0. The fraction of sp³-hybridized carbons (Fsp3) is 0.778. The van der Waals surface area contributed by atoms with Crippen LogP contribution < -0.4 is 0 Å². The summed E-state index contributed by atoms with van der Waals surface area (Å²) in [7, 11) is 0. The molecule has 0 radical (unpaired) electrons. The van der Waals surface area contributed by atoms with Crippen molar-refractivity contribution in [1.82, 2.24) is 0 Å². The minimum Gasteiger partial charge on any atom is -0.465 e. The highest BCUT2D eigenvalue weighted by molar-refractivity contribution is 5.72. The van der Waals surface area contributed by atoms with Crippen LogP contribution in [0.5, 0.6) is 0 Å². The van der Waals surface area contributed by atoms with Crippen molar-refractivity contribution in [1.29, 1.82) is 0 Å². The van der Waals surface area contributed by atoms with Gasteiger partial charge in [-0.25, -0.2) is 0 Å². The maximum atomic E-state index is 11.7. The second-order valence-corrected chi connectivity index (χ2v) is 5.76. The summed E-state index contributed by atoms with van der Waals surface area (Å²) in [5.41, 5.74) is 0. The van der Waals surface area contributed by atoms with Gasteiger partial charge < -0.3 is 9.47 Å². The van der Waals surface area contributed by atoms with Crippen LogP contribution in [-0.4, -0.2) is 24.6 Å². The average molecular weight is 310 g/mol. The van der Waals surface area contributed by atoms with Crippen LogP contribution in [0.25, 0.3) is 0 Å². The second-order valence-electron chi connectivity index (χ2n) is 5.76. The van der Waals surface area contributed by atoms with E-state index < -0.39 is 0 Å². The summed E-state index contributed by atoms with van der Waals surface area (Å²) in [6.45, 7) is 8.45. The van der Waals surface area contributed by atoms with Crippen LogP contribution in [0.4, 0.5) is 0 Å². The van der Waals surface area contributed by atoms with Gasteiger partial charge in [-0.05, 0) is 25.2 Å². The molecule has 126 valence electrons. The van der Waals surface area contributed by atoms with Crippen molar-refractivity contribution in [3.8, 4) is 11.8 Å². The number of esters is 2. The number of unbranched alkanes of at least 4 members (excludes halogenated alkanes) is 1. The number of ether oxygens (including phenoxy) is 2. The summed E-state index contributed by atoms with van der Waals surface area (Å²) in [4.78, 5) is 23.1. The maximum absolute atomic E-state index is 11.7. The first kappa shape index (κ1) is 20.5. The smallest absolute Gasteiger partial charge is 0.306 e. The molecular weight excluding hydrogens is 280 g/mol. The quantitative estimate of drug-likeness (QED) is 0.454. The highest BCUT2D eigenvalue weighted by atomic mass is 16.5. The van der Waals surface area contributed by atoms with Gasteiger partial charge in [0.15, 0.2) is 0 Å². The van der Waals surface area contributed by atoms with E-state index in [2.05, 4.69) is 18.8 Å². The molecule has 0 N–H and O–H groups in total. The fourth-order valence-electron chi connectivity index (χ4n) is 1.62. The zero-order chi connectivity index (χ0) is 16.8. The molecule has 0 saturated heterocycles. The first-order valence-electron chi connectivity index (χ1n) is 8.30. The summed E-state index contributed by atoms with van der Waals surface area (Å²) >= 11 is 0. The van der Waals surface area contributed by atoms with E-state index in [4.69, 9.17) is 9.47 Å². The molecule has 1 atom stereocenters. The van der Waals surface area contributed by atoms with Crippen LogP contribution in [0.15, 0.2) is 0 Å². The molecule has 22 heavy (non-hydrogen) atoms. The van der Waals surface area contributed by atoms with Gasteiger partial charge in [0, 0.05) is 25.7 Å². The molecule has 0 aromatic rings. The van der Waals surface area contributed by atoms with Crippen molar-refractivity contribution in [2.24, 2.45) is 5.92 Å². The third-order valence-corrected chi connectivity index (χ3v) is 2.92. The monoisotopic (exact) mass is 310 g/mol. The molecule has 0 saturated carbocycles. The Hall–Kier alpha value is -1.50. The molecule has 0 aliphatic carbocycles. The lowest BCUT2D eigenvalue weighted by atomic mass is 10.2. The van der Waals surface area contributed by atoms with Gasteiger partial charge in [0.05, 0.1) is 6.61 Å². The summed E-state index contributed by atoms with van der Waals surface area (Å²) in [5.74, 6) is 5.91. The maximum Gasteiger partial charge on any atom is 0.306 e. The summed E-state index contributed by atoms with van der Waals surface area (Å²) in [6, 6.07) is 0. The van der Waals surface area contributed by atoms with Gasteiger partial charge in [0.1, 0.15) is 6.10 Å². The molecular formula is C18H30O4. The van der Waals surface area contributed by atoms with E-state index in [9.17, 15) is 9.59 Å².